The Kier molecular flexibility index (Phi) is 6.26. The van der Waals surface area contributed by atoms with E-state index in [2.05, 4.69) is 10.6 Å². The Morgan fingerprint density at radius 2 is 1.42 bits per heavy atom. The molecule has 5 rings (SSSR count). The standard InChI is InChI=1S/C23H26N4O8S3/c1-22(2)12(15(29)25-11-17(31)27-13(21(34)35)23(3,4)38-19(11)27)26-16(30)10(18(26)37-22)24-14(28)9(20(32)33)8-5-6-36-7-8/h5-7,9-13,18-19H,1-4H3,(H,24,28)(H,25,29)(H,32,33)(H,34,35)/t9?,10-,11-,12+,13+,18-,19-/m1/s1. The van der Waals surface area contributed by atoms with E-state index < -0.39 is 85.9 Å². The highest BCUT2D eigenvalue weighted by Crippen LogP contribution is 2.53. The first-order chi connectivity index (χ1) is 17.7. The first kappa shape index (κ1) is 26.8. The second kappa shape index (κ2) is 8.88. The van der Waals surface area contributed by atoms with E-state index in [9.17, 15) is 39.0 Å². The Hall–Kier alpha value is -2.78. The third-order valence-electron chi connectivity index (χ3n) is 7.35. The predicted molar refractivity (Wildman–Crippen MR) is 138 cm³/mol. The molecule has 204 valence electrons. The summed E-state index contributed by atoms with van der Waals surface area (Å²) in [7, 11) is 0. The van der Waals surface area contributed by atoms with Crippen molar-refractivity contribution >= 4 is 70.4 Å². The number of hydrogen-bond acceptors (Lipinski definition) is 9. The summed E-state index contributed by atoms with van der Waals surface area (Å²) in [6.45, 7) is 7.03. The van der Waals surface area contributed by atoms with Gasteiger partial charge in [0.1, 0.15) is 34.9 Å². The molecule has 38 heavy (non-hydrogen) atoms. The van der Waals surface area contributed by atoms with Crippen LogP contribution in [0, 0.1) is 0 Å². The lowest BCUT2D eigenvalue weighted by Gasteiger charge is -2.46. The van der Waals surface area contributed by atoms with Crippen LogP contribution in [-0.4, -0.2) is 100.0 Å². The third-order valence-corrected chi connectivity index (χ3v) is 11.2. The van der Waals surface area contributed by atoms with Crippen LogP contribution >= 0.6 is 34.9 Å². The number of nitrogens with one attached hydrogen (secondary N) is 2. The minimum Gasteiger partial charge on any atom is -0.480 e. The fourth-order valence-corrected chi connectivity index (χ4v) is 9.57. The molecule has 1 aromatic rings. The first-order valence-electron chi connectivity index (χ1n) is 11.8. The smallest absolute Gasteiger partial charge is 0.327 e. The normalized spacial score (nSPS) is 32.9. The van der Waals surface area contributed by atoms with Crippen molar-refractivity contribution < 1.29 is 39.0 Å². The summed E-state index contributed by atoms with van der Waals surface area (Å²) in [5.74, 6) is -6.26. The monoisotopic (exact) mass is 582 g/mol. The summed E-state index contributed by atoms with van der Waals surface area (Å²) in [6, 6.07) is -2.32. The van der Waals surface area contributed by atoms with E-state index in [-0.39, 0.29) is 0 Å². The lowest BCUT2D eigenvalue weighted by atomic mass is 9.93. The second-order valence-corrected chi connectivity index (χ2v) is 15.0. The lowest BCUT2D eigenvalue weighted by molar-refractivity contribution is -0.162. The molecule has 0 spiro atoms. The molecule has 15 heteroatoms. The average molecular weight is 583 g/mol. The minimum atomic E-state index is -1.46. The molecule has 0 radical (unpaired) electrons. The van der Waals surface area contributed by atoms with Gasteiger partial charge in [0.05, 0.1) is 0 Å². The van der Waals surface area contributed by atoms with Gasteiger partial charge in [0, 0.05) is 9.49 Å². The van der Waals surface area contributed by atoms with Gasteiger partial charge in [-0.15, -0.1) is 23.5 Å². The number of carbonyl (C=O) groups is 6. The Bertz CT molecular complexity index is 1250. The summed E-state index contributed by atoms with van der Waals surface area (Å²) >= 11 is 3.87. The number of carbonyl (C=O) groups excluding carboxylic acids is 4. The molecule has 0 aromatic carbocycles. The van der Waals surface area contributed by atoms with E-state index in [1.165, 1.54) is 50.7 Å². The molecule has 0 saturated carbocycles. The Balaban J connectivity index is 1.28. The molecule has 1 unspecified atom stereocenters. The van der Waals surface area contributed by atoms with Crippen molar-refractivity contribution in [1.82, 2.24) is 20.4 Å². The maximum absolute atomic E-state index is 13.4. The van der Waals surface area contributed by atoms with Crippen LogP contribution < -0.4 is 10.6 Å². The molecule has 0 bridgehead atoms. The van der Waals surface area contributed by atoms with Gasteiger partial charge in [-0.3, -0.25) is 24.0 Å². The zero-order valence-electron chi connectivity index (χ0n) is 20.7. The summed E-state index contributed by atoms with van der Waals surface area (Å²) in [5, 5.41) is 26.6. The lowest BCUT2D eigenvalue weighted by Crippen LogP contribution is -2.74. The summed E-state index contributed by atoms with van der Waals surface area (Å²) in [6.07, 6.45) is 0. The number of aliphatic carboxylic acids is 2. The van der Waals surface area contributed by atoms with Gasteiger partial charge in [0.2, 0.25) is 23.6 Å². The van der Waals surface area contributed by atoms with Crippen LogP contribution in [-0.2, 0) is 28.8 Å². The van der Waals surface area contributed by atoms with Gasteiger partial charge in [-0.05, 0) is 50.1 Å². The topological polar surface area (TPSA) is 173 Å². The summed E-state index contributed by atoms with van der Waals surface area (Å²) in [5.41, 5.74) is 0.317. The Morgan fingerprint density at radius 1 is 0.895 bits per heavy atom. The molecule has 4 fully saturated rings. The van der Waals surface area contributed by atoms with Gasteiger partial charge < -0.3 is 30.6 Å². The zero-order valence-corrected chi connectivity index (χ0v) is 23.2. The first-order valence-corrected chi connectivity index (χ1v) is 14.5. The van der Waals surface area contributed by atoms with E-state index in [0.29, 0.717) is 5.56 Å². The van der Waals surface area contributed by atoms with Gasteiger partial charge in [0.15, 0.2) is 5.92 Å². The van der Waals surface area contributed by atoms with E-state index in [1.54, 1.807) is 38.5 Å². The molecule has 4 saturated heterocycles. The number of thioether (sulfide) groups is 2. The number of rotatable bonds is 7. The maximum atomic E-state index is 13.4. The largest absolute Gasteiger partial charge is 0.480 e. The van der Waals surface area contributed by atoms with Gasteiger partial charge in [-0.25, -0.2) is 4.79 Å². The highest BCUT2D eigenvalue weighted by atomic mass is 32.2. The zero-order chi connectivity index (χ0) is 27.9. The molecule has 4 aliphatic rings. The van der Waals surface area contributed by atoms with Crippen molar-refractivity contribution in [3.63, 3.8) is 0 Å². The van der Waals surface area contributed by atoms with Crippen molar-refractivity contribution in [2.75, 3.05) is 0 Å². The molecule has 5 heterocycles. The fraction of sp³-hybridized carbons (Fsp3) is 0.565. The number of carboxylic acid groups (broad SMARTS) is 2. The number of β-lactam (4-membered cyclic amide) rings is 2. The molecule has 1 aromatic heterocycles. The number of nitrogens with zero attached hydrogens (tertiary/aromatic N) is 2. The number of fused-ring (bicyclic) bond motifs is 2. The predicted octanol–water partition coefficient (Wildman–Crippen LogP) is 0.0951. The van der Waals surface area contributed by atoms with Crippen LogP contribution in [0.2, 0.25) is 0 Å². The van der Waals surface area contributed by atoms with Crippen LogP contribution in [0.25, 0.3) is 0 Å². The van der Waals surface area contributed by atoms with E-state index in [0.717, 1.165) is 0 Å². The number of hydrogen-bond donors (Lipinski definition) is 4. The fourth-order valence-electron chi connectivity index (χ4n) is 5.63. The van der Waals surface area contributed by atoms with Crippen molar-refractivity contribution in [2.24, 2.45) is 0 Å². The van der Waals surface area contributed by atoms with Crippen LogP contribution in [0.5, 0.6) is 0 Å². The van der Waals surface area contributed by atoms with E-state index >= 15 is 0 Å². The molecular weight excluding hydrogens is 556 g/mol. The van der Waals surface area contributed by atoms with Gasteiger partial charge in [-0.1, -0.05) is 0 Å². The highest BCUT2D eigenvalue weighted by Gasteiger charge is 2.67. The minimum absolute atomic E-state index is 0.317. The molecule has 4 aliphatic heterocycles. The molecule has 0 aliphatic carbocycles. The average Bonchev–Trinajstić information content (AvgIpc) is 3.48. The van der Waals surface area contributed by atoms with Gasteiger partial charge >= 0.3 is 11.9 Å². The summed E-state index contributed by atoms with van der Waals surface area (Å²) in [4.78, 5) is 78.3. The highest BCUT2D eigenvalue weighted by molar-refractivity contribution is 8.02. The van der Waals surface area contributed by atoms with Crippen LogP contribution in [0.15, 0.2) is 16.8 Å². The Labute approximate surface area is 229 Å². The second-order valence-electron chi connectivity index (χ2n) is 10.7. The van der Waals surface area contributed by atoms with Crippen LogP contribution in [0.4, 0.5) is 0 Å². The van der Waals surface area contributed by atoms with Gasteiger partial charge in [-0.2, -0.15) is 11.3 Å². The molecule has 7 atom stereocenters. The quantitative estimate of drug-likeness (QED) is 0.255. The third kappa shape index (κ3) is 3.88. The molecular formula is C23H26N4O8S3. The molecule has 4 amide bonds. The molecule has 4 N–H and O–H groups in total. The van der Waals surface area contributed by atoms with E-state index in [1.807, 2.05) is 0 Å². The van der Waals surface area contributed by atoms with Gasteiger partial charge in [0.25, 0.3) is 0 Å². The number of thiophene rings is 1. The maximum Gasteiger partial charge on any atom is 0.327 e. The van der Waals surface area contributed by atoms with Crippen molar-refractivity contribution in [3.05, 3.63) is 22.4 Å². The number of amides is 4. The van der Waals surface area contributed by atoms with Crippen LogP contribution in [0.1, 0.15) is 39.2 Å². The Morgan fingerprint density at radius 3 is 1.92 bits per heavy atom. The summed E-state index contributed by atoms with van der Waals surface area (Å²) < 4.78 is -1.52. The van der Waals surface area contributed by atoms with Crippen molar-refractivity contribution in [3.8, 4) is 0 Å². The SMILES string of the molecule is CC1(C)S[C@@H]2[C@H](NC(=O)[C@@H]3N4C(=O)[C@@H](NC(=O)C(C(=O)O)c5ccsc5)[C@H]4SC3(C)C)C(=O)N2[C@H]1C(=O)O. The van der Waals surface area contributed by atoms with Crippen molar-refractivity contribution in [2.45, 2.75) is 78.0 Å². The number of carboxylic acids is 2. The van der Waals surface area contributed by atoms with Crippen LogP contribution in [0.3, 0.4) is 0 Å². The molecule has 12 nitrogen and oxygen atoms in total. The van der Waals surface area contributed by atoms with Crippen molar-refractivity contribution in [1.29, 1.82) is 0 Å². The van der Waals surface area contributed by atoms with E-state index in [4.69, 9.17) is 0 Å².